The summed E-state index contributed by atoms with van der Waals surface area (Å²) in [6, 6.07) is 32.3. The van der Waals surface area contributed by atoms with E-state index in [0.717, 1.165) is 53.7 Å². The maximum Gasteiger partial charge on any atom is 0.254 e. The molecule has 0 spiro atoms. The molecule has 4 aromatic rings. The van der Waals surface area contributed by atoms with Crippen LogP contribution < -0.4 is 9.47 Å². The van der Waals surface area contributed by atoms with Gasteiger partial charge < -0.3 is 34.2 Å². The first-order valence-corrected chi connectivity index (χ1v) is 21.9. The van der Waals surface area contributed by atoms with E-state index in [-0.39, 0.29) is 49.9 Å². The number of hydrogen-bond acceptors (Lipinski definition) is 9. The maximum atomic E-state index is 14.6. The number of likely N-dealkylation sites (N-methyl/N-ethyl adjacent to an activating group) is 1. The Kier molecular flexibility index (Phi) is 14.0. The summed E-state index contributed by atoms with van der Waals surface area (Å²) >= 11 is 0. The van der Waals surface area contributed by atoms with Gasteiger partial charge in [-0.1, -0.05) is 72.6 Å². The van der Waals surface area contributed by atoms with Crippen molar-refractivity contribution >= 4 is 11.6 Å². The fraction of sp³-hybridized carbons (Fsp3) is 0.404. The van der Waals surface area contributed by atoms with Crippen LogP contribution >= 0.6 is 0 Å². The molecule has 2 aliphatic carbocycles. The van der Waals surface area contributed by atoms with Gasteiger partial charge in [0, 0.05) is 43.7 Å². The lowest BCUT2D eigenvalue weighted by Gasteiger charge is -2.59. The van der Waals surface area contributed by atoms with E-state index in [1.54, 1.807) is 42.3 Å². The van der Waals surface area contributed by atoms with Gasteiger partial charge in [0.05, 0.1) is 29.9 Å². The zero-order chi connectivity index (χ0) is 43.9. The maximum absolute atomic E-state index is 14.6. The number of amides is 1. The lowest BCUT2D eigenvalue weighted by Crippen LogP contribution is -2.69. The number of aliphatic hydroxyl groups excluding tert-OH is 2. The third kappa shape index (κ3) is 9.51. The van der Waals surface area contributed by atoms with Gasteiger partial charge in [0.15, 0.2) is 0 Å². The number of ether oxygens (including phenoxy) is 3. The minimum atomic E-state index is -1.39. The highest BCUT2D eigenvalue weighted by molar-refractivity contribution is 6.03. The molecule has 2 N–H and O–H groups in total. The van der Waals surface area contributed by atoms with Crippen molar-refractivity contribution in [3.8, 4) is 34.4 Å². The van der Waals surface area contributed by atoms with E-state index >= 15 is 0 Å². The van der Waals surface area contributed by atoms with Crippen LogP contribution in [0.3, 0.4) is 0 Å². The van der Waals surface area contributed by atoms with Crippen LogP contribution in [0.25, 0.3) is 11.1 Å². The first-order valence-electron chi connectivity index (χ1n) is 21.9. The van der Waals surface area contributed by atoms with Gasteiger partial charge >= 0.3 is 0 Å². The zero-order valence-electron chi connectivity index (χ0n) is 36.3. The smallest absolute Gasteiger partial charge is 0.254 e. The Morgan fingerprint density at radius 3 is 2.27 bits per heavy atom. The Bertz CT molecular complexity index is 2280. The first kappa shape index (κ1) is 44.3. The molecule has 1 aliphatic heterocycles. The highest BCUT2D eigenvalue weighted by Crippen LogP contribution is 2.62. The number of nitrogens with zero attached hydrogens (tertiary/aromatic N) is 3. The minimum Gasteiger partial charge on any atom is -0.459 e. The number of nitriles is 1. The van der Waals surface area contributed by atoms with Gasteiger partial charge in [-0.25, -0.2) is 0 Å². The second-order valence-corrected chi connectivity index (χ2v) is 17.6. The number of fused-ring (bicyclic) bond motifs is 2. The van der Waals surface area contributed by atoms with Gasteiger partial charge in [-0.05, 0) is 130 Å². The van der Waals surface area contributed by atoms with Crippen LogP contribution in [0.4, 0.5) is 0 Å². The van der Waals surface area contributed by atoms with E-state index < -0.39 is 23.3 Å². The molecule has 324 valence electrons. The topological polar surface area (TPSA) is 134 Å². The quantitative estimate of drug-likeness (QED) is 0.0610. The van der Waals surface area contributed by atoms with Crippen LogP contribution in [0.15, 0.2) is 127 Å². The normalized spacial score (nSPS) is 23.2. The van der Waals surface area contributed by atoms with Gasteiger partial charge in [0.1, 0.15) is 28.9 Å². The number of allylic oxidation sites excluding steroid dienone is 1. The summed E-state index contributed by atoms with van der Waals surface area (Å²) in [5, 5.41) is 34.3. The minimum absolute atomic E-state index is 0.0619. The average Bonchev–Trinajstić information content (AvgIpc) is 3.28. The van der Waals surface area contributed by atoms with E-state index in [4.69, 9.17) is 24.2 Å². The molecule has 62 heavy (non-hydrogen) atoms. The summed E-state index contributed by atoms with van der Waals surface area (Å²) in [7, 11) is 1.77. The van der Waals surface area contributed by atoms with Crippen molar-refractivity contribution in [2.24, 2.45) is 22.9 Å². The molecule has 1 saturated carbocycles. The summed E-state index contributed by atoms with van der Waals surface area (Å²) in [6.45, 7) is 10.3. The van der Waals surface area contributed by atoms with Crippen LogP contribution in [0.2, 0.25) is 0 Å². The van der Waals surface area contributed by atoms with Crippen LogP contribution in [0.1, 0.15) is 93.1 Å². The molecule has 6 atom stereocenters. The molecular formula is C52H59N3O7. The molecule has 0 bridgehead atoms. The van der Waals surface area contributed by atoms with Crippen molar-refractivity contribution < 1.29 is 34.1 Å². The predicted octanol–water partition coefficient (Wildman–Crippen LogP) is 10.2. The van der Waals surface area contributed by atoms with Gasteiger partial charge in [0.2, 0.25) is 5.79 Å². The summed E-state index contributed by atoms with van der Waals surface area (Å²) in [5.41, 5.74) is 5.16. The number of carbonyl (C=O) groups is 1. The SMILES string of the molecule is C=CCO[C@@]12Oc3ccc(Oc4ccc(-c5ccccc5)cc4)cc3[C@H]3[C@H](CCCCO)[C@@H](CCCCO)C=C(C(=NOC(C)(C)C)C[C@@H]1N(C)C(=O)c1ccc(C#N)cc1)[C@H]32. The molecule has 0 radical (unpaired) electrons. The molecule has 0 saturated heterocycles. The number of aliphatic hydroxyl groups is 2. The van der Waals surface area contributed by atoms with Crippen molar-refractivity contribution in [1.29, 1.82) is 5.26 Å². The van der Waals surface area contributed by atoms with E-state index in [2.05, 4.69) is 49.1 Å². The fourth-order valence-electron chi connectivity index (χ4n) is 9.50. The fourth-order valence-corrected chi connectivity index (χ4v) is 9.50. The molecule has 0 aromatic heterocycles. The zero-order valence-corrected chi connectivity index (χ0v) is 36.3. The standard InChI is InChI=1S/C52H59N3O7/c1-6-30-59-52-47(55(5)50(58)38-20-18-35(34-53)19-21-38)33-45(54-62-51(2,3)4)43-31-39(16-10-12-28-56)42(17-11-13-29-57)48(49(43)52)44-32-41(26-27-46(44)61-52)60-40-24-22-37(23-25-40)36-14-8-7-9-15-36/h6-9,14-15,18-27,31-32,39,42,47-49,56-57H,1,10-13,16-17,28-30,33H2,2-5H3/t39-,42+,47-,48+,49+,52+/m0/s1. The van der Waals surface area contributed by atoms with Crippen LogP contribution in [0, 0.1) is 29.1 Å². The number of benzene rings is 4. The molecule has 7 rings (SSSR count). The number of oxime groups is 1. The third-order valence-corrected chi connectivity index (χ3v) is 12.3. The van der Waals surface area contributed by atoms with Gasteiger partial charge in [-0.15, -0.1) is 6.58 Å². The predicted molar refractivity (Wildman–Crippen MR) is 241 cm³/mol. The van der Waals surface area contributed by atoms with Gasteiger partial charge in [-0.2, -0.15) is 5.26 Å². The summed E-state index contributed by atoms with van der Waals surface area (Å²) in [6.07, 6.45) is 8.94. The van der Waals surface area contributed by atoms with Crippen molar-refractivity contribution in [2.75, 3.05) is 26.9 Å². The molecule has 4 aromatic carbocycles. The Morgan fingerprint density at radius 1 is 0.935 bits per heavy atom. The van der Waals surface area contributed by atoms with Gasteiger partial charge in [0.25, 0.3) is 5.91 Å². The van der Waals surface area contributed by atoms with Crippen LogP contribution in [-0.2, 0) is 9.57 Å². The molecular weight excluding hydrogens is 779 g/mol. The Balaban J connectivity index is 1.40. The third-order valence-electron chi connectivity index (χ3n) is 12.3. The molecule has 10 nitrogen and oxygen atoms in total. The number of hydrogen-bond donors (Lipinski definition) is 2. The number of unbranched alkanes of at least 4 members (excludes halogenated alkanes) is 2. The number of rotatable bonds is 17. The summed E-state index contributed by atoms with van der Waals surface area (Å²) in [5.74, 6) is -0.161. The number of carbonyl (C=O) groups excluding carboxylic acids is 1. The van der Waals surface area contributed by atoms with E-state index in [1.807, 2.05) is 63.2 Å². The van der Waals surface area contributed by atoms with Gasteiger partial charge in [-0.3, -0.25) is 4.79 Å². The Hall–Kier alpha value is -5.73. The van der Waals surface area contributed by atoms with Crippen LogP contribution in [-0.4, -0.2) is 71.0 Å². The Labute approximate surface area is 366 Å². The summed E-state index contributed by atoms with van der Waals surface area (Å²) < 4.78 is 20.9. The molecule has 10 heteroatoms. The second-order valence-electron chi connectivity index (χ2n) is 17.6. The van der Waals surface area contributed by atoms with Crippen molar-refractivity contribution in [1.82, 2.24) is 4.90 Å². The monoisotopic (exact) mass is 837 g/mol. The molecule has 1 heterocycles. The lowest BCUT2D eigenvalue weighted by molar-refractivity contribution is -0.252. The van der Waals surface area contributed by atoms with Crippen LogP contribution in [0.5, 0.6) is 17.2 Å². The highest BCUT2D eigenvalue weighted by Gasteiger charge is 2.65. The molecule has 3 aliphatic rings. The summed E-state index contributed by atoms with van der Waals surface area (Å²) in [4.78, 5) is 22.5. The lowest BCUT2D eigenvalue weighted by atomic mass is 9.55. The van der Waals surface area contributed by atoms with Crippen molar-refractivity contribution in [3.05, 3.63) is 138 Å². The molecule has 1 amide bonds. The largest absolute Gasteiger partial charge is 0.459 e. The van der Waals surface area contributed by atoms with Crippen molar-refractivity contribution in [2.45, 2.75) is 89.1 Å². The van der Waals surface area contributed by atoms with E-state index in [1.165, 1.54) is 0 Å². The Morgan fingerprint density at radius 2 is 1.61 bits per heavy atom. The average molecular weight is 838 g/mol. The van der Waals surface area contributed by atoms with E-state index in [9.17, 15) is 20.3 Å². The molecule has 1 fully saturated rings. The first-order chi connectivity index (χ1) is 30.0. The van der Waals surface area contributed by atoms with Crippen molar-refractivity contribution in [3.63, 3.8) is 0 Å². The molecule has 0 unspecified atom stereocenters. The van der Waals surface area contributed by atoms with E-state index in [0.29, 0.717) is 41.2 Å². The highest BCUT2D eigenvalue weighted by atomic mass is 16.7. The second kappa shape index (κ2) is 19.5.